The minimum Gasteiger partial charge on any atom is -0.497 e. The number of hydrogen-bond donors (Lipinski definition) is 2. The van der Waals surface area contributed by atoms with E-state index in [1.807, 2.05) is 25.2 Å². The van der Waals surface area contributed by atoms with E-state index in [2.05, 4.69) is 20.7 Å². The van der Waals surface area contributed by atoms with Gasteiger partial charge in [0.15, 0.2) is 0 Å². The SMILES string of the molecule is CNC(c1cc(OC)cc(OC)c1)c1cn[nH]n1. The average molecular weight is 248 g/mol. The molecule has 0 bridgehead atoms. The Morgan fingerprint density at radius 2 is 1.83 bits per heavy atom. The molecule has 0 aliphatic carbocycles. The fourth-order valence-corrected chi connectivity index (χ4v) is 1.83. The molecule has 1 heterocycles. The van der Waals surface area contributed by atoms with Crippen LogP contribution in [-0.2, 0) is 0 Å². The molecule has 0 saturated carbocycles. The van der Waals surface area contributed by atoms with Crippen LogP contribution in [0.25, 0.3) is 0 Å². The van der Waals surface area contributed by atoms with E-state index in [1.165, 1.54) is 0 Å². The van der Waals surface area contributed by atoms with Gasteiger partial charge in [0, 0.05) is 6.07 Å². The van der Waals surface area contributed by atoms with Crippen molar-refractivity contribution in [2.75, 3.05) is 21.3 Å². The van der Waals surface area contributed by atoms with Gasteiger partial charge in [-0.2, -0.15) is 15.4 Å². The lowest BCUT2D eigenvalue weighted by molar-refractivity contribution is 0.392. The molecule has 0 amide bonds. The maximum absolute atomic E-state index is 5.26. The summed E-state index contributed by atoms with van der Waals surface area (Å²) in [5.74, 6) is 1.49. The summed E-state index contributed by atoms with van der Waals surface area (Å²) >= 11 is 0. The molecule has 2 aromatic rings. The van der Waals surface area contributed by atoms with Gasteiger partial charge in [-0.05, 0) is 24.7 Å². The Kier molecular flexibility index (Phi) is 3.78. The lowest BCUT2D eigenvalue weighted by Crippen LogP contribution is -2.18. The van der Waals surface area contributed by atoms with Gasteiger partial charge in [0.1, 0.15) is 17.2 Å². The van der Waals surface area contributed by atoms with Gasteiger partial charge in [-0.25, -0.2) is 0 Å². The molecule has 18 heavy (non-hydrogen) atoms. The molecule has 6 heteroatoms. The third-order valence-corrected chi connectivity index (χ3v) is 2.73. The van der Waals surface area contributed by atoms with Crippen LogP contribution in [0.5, 0.6) is 11.5 Å². The zero-order chi connectivity index (χ0) is 13.0. The van der Waals surface area contributed by atoms with Crippen molar-refractivity contribution in [1.82, 2.24) is 20.7 Å². The van der Waals surface area contributed by atoms with Crippen molar-refractivity contribution < 1.29 is 9.47 Å². The highest BCUT2D eigenvalue weighted by atomic mass is 16.5. The lowest BCUT2D eigenvalue weighted by atomic mass is 10.0. The van der Waals surface area contributed by atoms with Crippen molar-refractivity contribution in [3.8, 4) is 11.5 Å². The third-order valence-electron chi connectivity index (χ3n) is 2.73. The second kappa shape index (κ2) is 5.50. The Labute approximate surface area is 105 Å². The fourth-order valence-electron chi connectivity index (χ4n) is 1.83. The van der Waals surface area contributed by atoms with E-state index in [4.69, 9.17) is 9.47 Å². The van der Waals surface area contributed by atoms with E-state index in [0.717, 1.165) is 22.8 Å². The summed E-state index contributed by atoms with van der Waals surface area (Å²) in [5, 5.41) is 13.7. The number of benzene rings is 1. The van der Waals surface area contributed by atoms with Crippen LogP contribution in [0.2, 0.25) is 0 Å². The first-order chi connectivity index (χ1) is 8.78. The van der Waals surface area contributed by atoms with Crippen molar-refractivity contribution in [2.45, 2.75) is 6.04 Å². The predicted octanol–water partition coefficient (Wildman–Crippen LogP) is 1.13. The summed E-state index contributed by atoms with van der Waals surface area (Å²) in [6.07, 6.45) is 1.69. The molecule has 0 saturated heterocycles. The van der Waals surface area contributed by atoms with Crippen molar-refractivity contribution in [3.05, 3.63) is 35.7 Å². The number of ether oxygens (including phenoxy) is 2. The standard InChI is InChI=1S/C12H16N4O2/c1-13-12(11-7-14-16-15-11)8-4-9(17-2)6-10(5-8)18-3/h4-7,12-13H,1-3H3,(H,14,15,16). The highest BCUT2D eigenvalue weighted by molar-refractivity contribution is 5.41. The van der Waals surface area contributed by atoms with Gasteiger partial charge in [0.2, 0.25) is 0 Å². The Bertz CT molecular complexity index is 477. The smallest absolute Gasteiger partial charge is 0.122 e. The van der Waals surface area contributed by atoms with Crippen molar-refractivity contribution in [2.24, 2.45) is 0 Å². The first kappa shape index (κ1) is 12.4. The predicted molar refractivity (Wildman–Crippen MR) is 66.8 cm³/mol. The van der Waals surface area contributed by atoms with Gasteiger partial charge >= 0.3 is 0 Å². The number of hydrogen-bond acceptors (Lipinski definition) is 5. The van der Waals surface area contributed by atoms with Crippen LogP contribution in [0, 0.1) is 0 Å². The van der Waals surface area contributed by atoms with E-state index in [-0.39, 0.29) is 6.04 Å². The maximum atomic E-state index is 5.26. The number of rotatable bonds is 5. The van der Waals surface area contributed by atoms with E-state index < -0.39 is 0 Å². The first-order valence-electron chi connectivity index (χ1n) is 5.54. The normalized spacial score (nSPS) is 12.2. The second-order valence-corrected chi connectivity index (χ2v) is 3.76. The van der Waals surface area contributed by atoms with Crippen molar-refractivity contribution in [1.29, 1.82) is 0 Å². The topological polar surface area (TPSA) is 72.1 Å². The molecular weight excluding hydrogens is 232 g/mol. The summed E-state index contributed by atoms with van der Waals surface area (Å²) in [6.45, 7) is 0. The summed E-state index contributed by atoms with van der Waals surface area (Å²) in [7, 11) is 5.12. The van der Waals surface area contributed by atoms with E-state index in [1.54, 1.807) is 20.4 Å². The van der Waals surface area contributed by atoms with E-state index in [9.17, 15) is 0 Å². The zero-order valence-corrected chi connectivity index (χ0v) is 10.6. The molecule has 96 valence electrons. The molecular formula is C12H16N4O2. The highest BCUT2D eigenvalue weighted by Crippen LogP contribution is 2.28. The molecule has 1 unspecified atom stereocenters. The molecule has 0 aliphatic rings. The number of nitrogens with one attached hydrogen (secondary N) is 2. The van der Waals surface area contributed by atoms with Crippen LogP contribution < -0.4 is 14.8 Å². The molecule has 1 aromatic carbocycles. The van der Waals surface area contributed by atoms with Gasteiger partial charge in [-0.15, -0.1) is 0 Å². The summed E-state index contributed by atoms with van der Waals surface area (Å²) in [6, 6.07) is 5.66. The second-order valence-electron chi connectivity index (χ2n) is 3.76. The molecule has 0 radical (unpaired) electrons. The highest BCUT2D eigenvalue weighted by Gasteiger charge is 2.16. The van der Waals surface area contributed by atoms with Gasteiger partial charge in [-0.1, -0.05) is 0 Å². The quantitative estimate of drug-likeness (QED) is 0.830. The number of nitrogens with zero attached hydrogens (tertiary/aromatic N) is 2. The van der Waals surface area contributed by atoms with Gasteiger partial charge < -0.3 is 14.8 Å². The molecule has 1 atom stereocenters. The fraction of sp³-hybridized carbons (Fsp3) is 0.333. The molecule has 6 nitrogen and oxygen atoms in total. The summed E-state index contributed by atoms with van der Waals surface area (Å²) in [5.41, 5.74) is 1.82. The Morgan fingerprint density at radius 1 is 1.17 bits per heavy atom. The van der Waals surface area contributed by atoms with Crippen LogP contribution in [0.4, 0.5) is 0 Å². The average Bonchev–Trinajstić information content (AvgIpc) is 2.93. The third kappa shape index (κ3) is 2.43. The van der Waals surface area contributed by atoms with E-state index in [0.29, 0.717) is 0 Å². The molecule has 0 spiro atoms. The maximum Gasteiger partial charge on any atom is 0.122 e. The van der Waals surface area contributed by atoms with Crippen LogP contribution in [0.3, 0.4) is 0 Å². The summed E-state index contributed by atoms with van der Waals surface area (Å²) < 4.78 is 10.5. The molecule has 2 rings (SSSR count). The minimum atomic E-state index is -0.0623. The Hall–Kier alpha value is -2.08. The van der Waals surface area contributed by atoms with Gasteiger partial charge in [0.05, 0.1) is 26.5 Å². The number of methoxy groups -OCH3 is 2. The van der Waals surface area contributed by atoms with Crippen LogP contribution in [0.1, 0.15) is 17.3 Å². The van der Waals surface area contributed by atoms with Gasteiger partial charge in [0.25, 0.3) is 0 Å². The first-order valence-corrected chi connectivity index (χ1v) is 5.54. The Balaban J connectivity index is 2.41. The van der Waals surface area contributed by atoms with Crippen molar-refractivity contribution in [3.63, 3.8) is 0 Å². The number of aromatic nitrogens is 3. The lowest BCUT2D eigenvalue weighted by Gasteiger charge is -2.16. The zero-order valence-electron chi connectivity index (χ0n) is 10.6. The van der Waals surface area contributed by atoms with Crippen LogP contribution in [0.15, 0.2) is 24.4 Å². The monoisotopic (exact) mass is 248 g/mol. The Morgan fingerprint density at radius 3 is 2.28 bits per heavy atom. The number of aromatic amines is 1. The molecule has 2 N–H and O–H groups in total. The van der Waals surface area contributed by atoms with Crippen molar-refractivity contribution >= 4 is 0 Å². The largest absolute Gasteiger partial charge is 0.497 e. The van der Waals surface area contributed by atoms with Crippen LogP contribution in [-0.4, -0.2) is 36.7 Å². The number of H-pyrrole nitrogens is 1. The van der Waals surface area contributed by atoms with E-state index >= 15 is 0 Å². The minimum absolute atomic E-state index is 0.0623. The molecule has 1 aromatic heterocycles. The van der Waals surface area contributed by atoms with Crippen LogP contribution >= 0.6 is 0 Å². The molecule has 0 fully saturated rings. The molecule has 0 aliphatic heterocycles. The summed E-state index contributed by atoms with van der Waals surface area (Å²) in [4.78, 5) is 0. The van der Waals surface area contributed by atoms with Gasteiger partial charge in [-0.3, -0.25) is 0 Å².